The van der Waals surface area contributed by atoms with Crippen molar-refractivity contribution in [2.45, 2.75) is 33.2 Å². The van der Waals surface area contributed by atoms with Crippen LogP contribution in [0.25, 0.3) is 6.08 Å². The van der Waals surface area contributed by atoms with Crippen LogP contribution in [0, 0.1) is 18.3 Å². The van der Waals surface area contributed by atoms with E-state index in [-0.39, 0.29) is 23.1 Å². The second kappa shape index (κ2) is 8.94. The predicted molar refractivity (Wildman–Crippen MR) is 125 cm³/mol. The number of nitriles is 1. The Morgan fingerprint density at radius 2 is 1.97 bits per heavy atom. The molecule has 2 aliphatic rings. The molecule has 2 saturated heterocycles. The summed E-state index contributed by atoms with van der Waals surface area (Å²) < 4.78 is 2.09. The fourth-order valence-electron chi connectivity index (χ4n) is 3.54. The molecular weight excluding hydrogens is 424 g/mol. The molecule has 0 aromatic carbocycles. The minimum atomic E-state index is -0.303. The van der Waals surface area contributed by atoms with Crippen LogP contribution in [0.4, 0.5) is 5.82 Å². The number of carbonyl (C=O) groups excluding carboxylic acids is 1. The van der Waals surface area contributed by atoms with Gasteiger partial charge in [0.2, 0.25) is 0 Å². The summed E-state index contributed by atoms with van der Waals surface area (Å²) in [5.41, 5.74) is 1.17. The Bertz CT molecular complexity index is 987. The number of thiocarbonyl (C=S) groups is 1. The molecule has 0 spiro atoms. The van der Waals surface area contributed by atoms with Crippen molar-refractivity contribution in [3.8, 4) is 6.07 Å². The van der Waals surface area contributed by atoms with Crippen molar-refractivity contribution in [2.75, 3.05) is 29.5 Å². The van der Waals surface area contributed by atoms with E-state index >= 15 is 0 Å². The number of amides is 1. The van der Waals surface area contributed by atoms with Crippen LogP contribution in [0.5, 0.6) is 0 Å². The van der Waals surface area contributed by atoms with Gasteiger partial charge in [0.25, 0.3) is 11.5 Å². The molecule has 3 heterocycles. The third-order valence-corrected chi connectivity index (χ3v) is 7.68. The molecule has 29 heavy (non-hydrogen) atoms. The molecule has 6 nitrogen and oxygen atoms in total. The van der Waals surface area contributed by atoms with E-state index in [2.05, 4.69) is 4.90 Å². The number of hydrogen-bond donors (Lipinski definition) is 0. The standard InChI is InChI=1S/C20H24N4O2S3/c1-5-12(2)24-19(26)16(29-20(24)27)10-14-13(3)15(11-21)18(25)22(4)17(14)23-6-8-28-9-7-23/h10,12H,5-9H2,1-4H3. The summed E-state index contributed by atoms with van der Waals surface area (Å²) in [5.74, 6) is 2.60. The Morgan fingerprint density at radius 1 is 1.31 bits per heavy atom. The predicted octanol–water partition coefficient (Wildman–Crippen LogP) is 3.12. The monoisotopic (exact) mass is 448 g/mol. The Labute approximate surface area is 184 Å². The molecule has 1 unspecified atom stereocenters. The summed E-state index contributed by atoms with van der Waals surface area (Å²) in [7, 11) is 1.70. The SMILES string of the molecule is CCC(C)N1C(=O)C(=Cc2c(C)c(C#N)c(=O)n(C)c2N2CCSCC2)SC1=S. The number of anilines is 1. The van der Waals surface area contributed by atoms with Crippen LogP contribution >= 0.6 is 35.7 Å². The maximum atomic E-state index is 13.0. The first-order valence-electron chi connectivity index (χ1n) is 9.55. The molecule has 1 atom stereocenters. The molecule has 1 amide bonds. The van der Waals surface area contributed by atoms with E-state index in [0.29, 0.717) is 14.8 Å². The quantitative estimate of drug-likeness (QED) is 0.518. The molecule has 2 aliphatic heterocycles. The number of hydrogen-bond acceptors (Lipinski definition) is 7. The number of rotatable bonds is 4. The highest BCUT2D eigenvalue weighted by Gasteiger charge is 2.35. The normalized spacial score (nSPS) is 19.8. The van der Waals surface area contributed by atoms with Gasteiger partial charge in [0.1, 0.15) is 21.8 Å². The minimum Gasteiger partial charge on any atom is -0.356 e. The zero-order valence-corrected chi connectivity index (χ0v) is 19.5. The number of nitrogens with zero attached hydrogens (tertiary/aromatic N) is 4. The highest BCUT2D eigenvalue weighted by molar-refractivity contribution is 8.26. The first-order chi connectivity index (χ1) is 13.8. The summed E-state index contributed by atoms with van der Waals surface area (Å²) in [4.78, 5) is 30.1. The highest BCUT2D eigenvalue weighted by atomic mass is 32.2. The molecule has 0 bridgehead atoms. The average Bonchev–Trinajstić information content (AvgIpc) is 3.00. The second-order valence-corrected chi connectivity index (χ2v) is 10.0. The van der Waals surface area contributed by atoms with Gasteiger partial charge in [-0.05, 0) is 31.9 Å². The lowest BCUT2D eigenvalue weighted by atomic mass is 10.0. The molecule has 0 aliphatic carbocycles. The summed E-state index contributed by atoms with van der Waals surface area (Å²) in [6, 6.07) is 2.07. The van der Waals surface area contributed by atoms with E-state index in [1.807, 2.05) is 37.8 Å². The Balaban J connectivity index is 2.18. The van der Waals surface area contributed by atoms with Crippen LogP contribution in [-0.4, -0.2) is 50.3 Å². The van der Waals surface area contributed by atoms with Gasteiger partial charge in [-0.25, -0.2) is 0 Å². The topological polar surface area (TPSA) is 69.3 Å². The molecule has 154 valence electrons. The van der Waals surface area contributed by atoms with Crippen LogP contribution in [0.2, 0.25) is 0 Å². The summed E-state index contributed by atoms with van der Waals surface area (Å²) >= 11 is 8.61. The van der Waals surface area contributed by atoms with Crippen molar-refractivity contribution in [3.63, 3.8) is 0 Å². The zero-order valence-electron chi connectivity index (χ0n) is 17.0. The van der Waals surface area contributed by atoms with Crippen LogP contribution < -0.4 is 10.5 Å². The molecule has 1 aromatic heterocycles. The first kappa shape index (κ1) is 21.9. The highest BCUT2D eigenvalue weighted by Crippen LogP contribution is 2.37. The number of aromatic nitrogens is 1. The first-order valence-corrected chi connectivity index (χ1v) is 11.9. The van der Waals surface area contributed by atoms with E-state index in [0.717, 1.165) is 42.4 Å². The van der Waals surface area contributed by atoms with E-state index in [1.54, 1.807) is 23.4 Å². The number of carbonyl (C=O) groups is 1. The lowest BCUT2D eigenvalue weighted by Gasteiger charge is -2.32. The summed E-state index contributed by atoms with van der Waals surface area (Å²) in [6.07, 6.45) is 2.63. The van der Waals surface area contributed by atoms with Gasteiger partial charge in [-0.3, -0.25) is 19.1 Å². The van der Waals surface area contributed by atoms with Crippen molar-refractivity contribution in [3.05, 3.63) is 31.9 Å². The average molecular weight is 449 g/mol. The maximum Gasteiger partial charge on any atom is 0.270 e. The Morgan fingerprint density at radius 3 is 2.55 bits per heavy atom. The van der Waals surface area contributed by atoms with Crippen LogP contribution in [0.1, 0.15) is 37.0 Å². The van der Waals surface area contributed by atoms with Gasteiger partial charge >= 0.3 is 0 Å². The second-order valence-electron chi connectivity index (χ2n) is 7.12. The fourth-order valence-corrected chi connectivity index (χ4v) is 5.89. The molecule has 9 heteroatoms. The van der Waals surface area contributed by atoms with Crippen LogP contribution in [-0.2, 0) is 11.8 Å². The summed E-state index contributed by atoms with van der Waals surface area (Å²) in [5, 5.41) is 9.55. The van der Waals surface area contributed by atoms with Crippen LogP contribution in [0.3, 0.4) is 0 Å². The molecule has 0 radical (unpaired) electrons. The minimum absolute atomic E-state index is 0.0304. The molecule has 0 saturated carbocycles. The maximum absolute atomic E-state index is 13.0. The lowest BCUT2D eigenvalue weighted by molar-refractivity contribution is -0.123. The summed E-state index contributed by atoms with van der Waals surface area (Å²) in [6.45, 7) is 7.42. The molecule has 3 rings (SSSR count). The van der Waals surface area contributed by atoms with Gasteiger partial charge in [0, 0.05) is 43.2 Å². The van der Waals surface area contributed by atoms with Gasteiger partial charge in [0.05, 0.1) is 4.91 Å². The van der Waals surface area contributed by atoms with Crippen molar-refractivity contribution in [1.29, 1.82) is 5.26 Å². The molecular formula is C20H24N4O2S3. The largest absolute Gasteiger partial charge is 0.356 e. The van der Waals surface area contributed by atoms with Crippen molar-refractivity contribution in [2.24, 2.45) is 7.05 Å². The fraction of sp³-hybridized carbons (Fsp3) is 0.500. The van der Waals surface area contributed by atoms with Gasteiger partial charge in [-0.2, -0.15) is 17.0 Å². The van der Waals surface area contributed by atoms with Gasteiger partial charge in [-0.1, -0.05) is 30.9 Å². The number of pyridine rings is 1. The van der Waals surface area contributed by atoms with Crippen molar-refractivity contribution < 1.29 is 4.79 Å². The van der Waals surface area contributed by atoms with Gasteiger partial charge in [-0.15, -0.1) is 0 Å². The number of thioether (sulfide) groups is 2. The molecule has 0 N–H and O–H groups in total. The third-order valence-electron chi connectivity index (χ3n) is 5.41. The van der Waals surface area contributed by atoms with Crippen molar-refractivity contribution >= 4 is 57.9 Å². The molecule has 2 fully saturated rings. The molecule has 1 aromatic rings. The Kier molecular flexibility index (Phi) is 6.76. The van der Waals surface area contributed by atoms with E-state index in [1.165, 1.54) is 11.8 Å². The van der Waals surface area contributed by atoms with E-state index in [4.69, 9.17) is 12.2 Å². The van der Waals surface area contributed by atoms with Gasteiger partial charge < -0.3 is 4.90 Å². The Hall–Kier alpha value is -1.76. The van der Waals surface area contributed by atoms with E-state index in [9.17, 15) is 14.9 Å². The zero-order chi connectivity index (χ0) is 21.3. The van der Waals surface area contributed by atoms with Crippen LogP contribution in [0.15, 0.2) is 9.70 Å². The smallest absolute Gasteiger partial charge is 0.270 e. The third kappa shape index (κ3) is 3.98. The van der Waals surface area contributed by atoms with E-state index < -0.39 is 0 Å². The van der Waals surface area contributed by atoms with Gasteiger partial charge in [0.15, 0.2) is 0 Å². The lowest BCUT2D eigenvalue weighted by Crippen LogP contribution is -2.38. The van der Waals surface area contributed by atoms with Crippen molar-refractivity contribution in [1.82, 2.24) is 9.47 Å².